The van der Waals surface area contributed by atoms with Crippen LogP contribution >= 0.6 is 0 Å². The van der Waals surface area contributed by atoms with Crippen LogP contribution < -0.4 is 5.32 Å². The minimum absolute atomic E-state index is 0.156. The molecule has 8 heteroatoms. The number of nitrogens with one attached hydrogen (secondary N) is 1. The second kappa shape index (κ2) is 7.67. The Morgan fingerprint density at radius 2 is 1.97 bits per heavy atom. The van der Waals surface area contributed by atoms with Crippen LogP contribution in [0.3, 0.4) is 0 Å². The second-order valence-corrected chi connectivity index (χ2v) is 8.87. The Hall–Kier alpha value is -2.61. The summed E-state index contributed by atoms with van der Waals surface area (Å²) < 4.78 is 13.0. The van der Waals surface area contributed by atoms with Gasteiger partial charge in [-0.05, 0) is 53.7 Å². The molecule has 8 nitrogen and oxygen atoms in total. The predicted molar refractivity (Wildman–Crippen MR) is 109 cm³/mol. The molecule has 3 rings (SSSR count). The number of carbonyl (C=O) groups is 2. The molecule has 1 aliphatic heterocycles. The summed E-state index contributed by atoms with van der Waals surface area (Å²) in [6, 6.07) is 5.79. The van der Waals surface area contributed by atoms with Crippen molar-refractivity contribution in [3.05, 3.63) is 35.8 Å². The third-order valence-electron chi connectivity index (χ3n) is 4.74. The predicted octanol–water partition coefficient (Wildman–Crippen LogP) is 2.63. The highest BCUT2D eigenvalue weighted by molar-refractivity contribution is 5.83. The summed E-state index contributed by atoms with van der Waals surface area (Å²) in [7, 11) is 0. The number of aromatic nitrogens is 2. The van der Waals surface area contributed by atoms with Crippen LogP contribution in [0.1, 0.15) is 46.0 Å². The van der Waals surface area contributed by atoms with E-state index in [-0.39, 0.29) is 19.1 Å². The molecule has 0 radical (unpaired) electrons. The van der Waals surface area contributed by atoms with Gasteiger partial charge in [-0.1, -0.05) is 6.07 Å². The third-order valence-corrected chi connectivity index (χ3v) is 4.74. The van der Waals surface area contributed by atoms with E-state index in [9.17, 15) is 9.59 Å². The summed E-state index contributed by atoms with van der Waals surface area (Å²) in [5, 5.41) is 3.07. The van der Waals surface area contributed by atoms with Crippen molar-refractivity contribution in [2.75, 3.05) is 19.7 Å². The first kappa shape index (κ1) is 21.1. The lowest BCUT2D eigenvalue weighted by Gasteiger charge is -2.35. The van der Waals surface area contributed by atoms with Crippen LogP contribution in [-0.4, -0.2) is 57.7 Å². The van der Waals surface area contributed by atoms with Crippen LogP contribution in [-0.2, 0) is 19.8 Å². The van der Waals surface area contributed by atoms with E-state index >= 15 is 0 Å². The number of pyridine rings is 1. The van der Waals surface area contributed by atoms with Gasteiger partial charge in [-0.2, -0.15) is 0 Å². The van der Waals surface area contributed by atoms with E-state index in [4.69, 9.17) is 9.47 Å². The Bertz CT molecular complexity index is 913. The van der Waals surface area contributed by atoms with Crippen LogP contribution in [0.15, 0.2) is 24.4 Å². The van der Waals surface area contributed by atoms with E-state index in [0.717, 1.165) is 17.0 Å². The molecule has 2 amide bonds. The Morgan fingerprint density at radius 1 is 1.24 bits per heavy atom. The first-order chi connectivity index (χ1) is 13.5. The molecule has 3 heterocycles. The molecular formula is C21H30N4O4. The first-order valence-electron chi connectivity index (χ1n) is 9.84. The molecule has 158 valence electrons. The van der Waals surface area contributed by atoms with Crippen LogP contribution in [0.5, 0.6) is 0 Å². The highest BCUT2D eigenvalue weighted by Crippen LogP contribution is 2.25. The fourth-order valence-corrected chi connectivity index (χ4v) is 3.61. The average Bonchev–Trinajstić information content (AvgIpc) is 2.96. The zero-order valence-corrected chi connectivity index (χ0v) is 18.0. The van der Waals surface area contributed by atoms with Crippen molar-refractivity contribution in [3.63, 3.8) is 0 Å². The molecule has 0 unspecified atom stereocenters. The maximum absolute atomic E-state index is 13.0. The van der Waals surface area contributed by atoms with Gasteiger partial charge < -0.3 is 24.1 Å². The normalized spacial score (nSPS) is 18.0. The molecule has 0 aliphatic carbocycles. The Kier molecular flexibility index (Phi) is 5.58. The minimum Gasteiger partial charge on any atom is -0.444 e. The number of rotatable bonds is 3. The van der Waals surface area contributed by atoms with Gasteiger partial charge in [0.15, 0.2) is 6.10 Å². The molecule has 1 atom stereocenters. The fourth-order valence-electron chi connectivity index (χ4n) is 3.61. The maximum Gasteiger partial charge on any atom is 0.410 e. The number of fused-ring (bicyclic) bond motifs is 1. The standard InChI is InChI=1S/C21H30N4O4/c1-14-17(25-10-8-7-9-16(25)22-14)21(5,6)23-18(26)15-13-24(11-12-28-15)19(27)29-20(2,3)4/h7-10,15H,11-13H2,1-6H3,(H,23,26)/t15-/m0/s1. The van der Waals surface area contributed by atoms with Gasteiger partial charge in [0.2, 0.25) is 0 Å². The first-order valence-corrected chi connectivity index (χ1v) is 9.84. The maximum atomic E-state index is 13.0. The van der Waals surface area contributed by atoms with Crippen molar-refractivity contribution in [3.8, 4) is 0 Å². The average molecular weight is 402 g/mol. The number of amides is 2. The van der Waals surface area contributed by atoms with Crippen LogP contribution in [0.4, 0.5) is 4.79 Å². The molecule has 0 spiro atoms. The Labute approximate surface area is 171 Å². The molecule has 2 aromatic heterocycles. The second-order valence-electron chi connectivity index (χ2n) is 8.87. The van der Waals surface area contributed by atoms with E-state index in [1.54, 1.807) is 0 Å². The summed E-state index contributed by atoms with van der Waals surface area (Å²) in [5.41, 5.74) is 1.31. The lowest BCUT2D eigenvalue weighted by atomic mass is 9.98. The van der Waals surface area contributed by atoms with Gasteiger partial charge in [0.1, 0.15) is 11.2 Å². The van der Waals surface area contributed by atoms with E-state index < -0.39 is 23.3 Å². The van der Waals surface area contributed by atoms with Gasteiger partial charge >= 0.3 is 6.09 Å². The van der Waals surface area contributed by atoms with Crippen molar-refractivity contribution in [2.45, 2.75) is 58.8 Å². The number of ether oxygens (including phenoxy) is 2. The SMILES string of the molecule is Cc1nc2ccccn2c1C(C)(C)NC(=O)[C@@H]1CN(C(=O)OC(C)(C)C)CCO1. The molecule has 0 saturated carbocycles. The summed E-state index contributed by atoms with van der Waals surface area (Å²) >= 11 is 0. The van der Waals surface area contributed by atoms with Gasteiger partial charge in [0, 0.05) is 12.7 Å². The van der Waals surface area contributed by atoms with Crippen molar-refractivity contribution >= 4 is 17.6 Å². The molecule has 1 saturated heterocycles. The number of morpholine rings is 1. The number of imidazole rings is 1. The van der Waals surface area contributed by atoms with E-state index in [1.165, 1.54) is 4.90 Å². The summed E-state index contributed by atoms with van der Waals surface area (Å²) in [6.45, 7) is 12.1. The Morgan fingerprint density at radius 3 is 2.66 bits per heavy atom. The monoisotopic (exact) mass is 402 g/mol. The highest BCUT2D eigenvalue weighted by atomic mass is 16.6. The summed E-state index contributed by atoms with van der Waals surface area (Å²) in [6.07, 6.45) is 0.741. The van der Waals surface area contributed by atoms with Gasteiger partial charge in [-0.3, -0.25) is 4.79 Å². The van der Waals surface area contributed by atoms with E-state index in [1.807, 2.05) is 70.3 Å². The zero-order valence-electron chi connectivity index (χ0n) is 18.0. The molecule has 0 aromatic carbocycles. The lowest BCUT2D eigenvalue weighted by Crippen LogP contribution is -2.55. The number of aryl methyl sites for hydroxylation is 1. The largest absolute Gasteiger partial charge is 0.444 e. The number of hydrogen-bond donors (Lipinski definition) is 1. The number of hydrogen-bond acceptors (Lipinski definition) is 5. The number of carbonyl (C=O) groups excluding carboxylic acids is 2. The smallest absolute Gasteiger partial charge is 0.410 e. The summed E-state index contributed by atoms with van der Waals surface area (Å²) in [5.74, 6) is -0.270. The summed E-state index contributed by atoms with van der Waals surface area (Å²) in [4.78, 5) is 31.4. The molecule has 29 heavy (non-hydrogen) atoms. The van der Waals surface area contributed by atoms with Gasteiger partial charge in [-0.15, -0.1) is 0 Å². The molecule has 0 bridgehead atoms. The van der Waals surface area contributed by atoms with Gasteiger partial charge in [0.05, 0.1) is 30.1 Å². The fraction of sp³-hybridized carbons (Fsp3) is 0.571. The number of nitrogens with zero attached hydrogens (tertiary/aromatic N) is 3. The minimum atomic E-state index is -0.755. The molecule has 1 N–H and O–H groups in total. The molecular weight excluding hydrogens is 372 g/mol. The molecule has 1 aliphatic rings. The van der Waals surface area contributed by atoms with Crippen molar-refractivity contribution in [2.24, 2.45) is 0 Å². The zero-order chi connectivity index (χ0) is 21.4. The highest BCUT2D eigenvalue weighted by Gasteiger charge is 2.36. The third kappa shape index (κ3) is 4.70. The topological polar surface area (TPSA) is 85.2 Å². The van der Waals surface area contributed by atoms with Gasteiger partial charge in [0.25, 0.3) is 5.91 Å². The van der Waals surface area contributed by atoms with Crippen LogP contribution in [0, 0.1) is 6.92 Å². The van der Waals surface area contributed by atoms with Crippen molar-refractivity contribution in [1.29, 1.82) is 0 Å². The van der Waals surface area contributed by atoms with Crippen LogP contribution in [0.25, 0.3) is 5.65 Å². The Balaban J connectivity index is 1.73. The lowest BCUT2D eigenvalue weighted by molar-refractivity contribution is -0.139. The quantitative estimate of drug-likeness (QED) is 0.853. The van der Waals surface area contributed by atoms with Crippen LogP contribution in [0.2, 0.25) is 0 Å². The van der Waals surface area contributed by atoms with E-state index in [0.29, 0.717) is 6.54 Å². The van der Waals surface area contributed by atoms with Crippen molar-refractivity contribution < 1.29 is 19.1 Å². The molecule has 1 fully saturated rings. The van der Waals surface area contributed by atoms with Crippen molar-refractivity contribution in [1.82, 2.24) is 19.6 Å². The van der Waals surface area contributed by atoms with E-state index in [2.05, 4.69) is 10.3 Å². The van der Waals surface area contributed by atoms with Gasteiger partial charge in [-0.25, -0.2) is 9.78 Å². The molecule has 2 aromatic rings.